The fourth-order valence-corrected chi connectivity index (χ4v) is 2.90. The summed E-state index contributed by atoms with van der Waals surface area (Å²) < 4.78 is 5.53. The minimum Gasteiger partial charge on any atom is -0.494 e. The summed E-state index contributed by atoms with van der Waals surface area (Å²) >= 11 is 7.48. The largest absolute Gasteiger partial charge is 0.494 e. The first-order valence-electron chi connectivity index (χ1n) is 6.84. The van der Waals surface area contributed by atoms with Gasteiger partial charge in [-0.3, -0.25) is 4.79 Å². The maximum Gasteiger partial charge on any atom is 0.139 e. The molecule has 0 aliphatic rings. The van der Waals surface area contributed by atoms with Crippen LogP contribution in [-0.2, 0) is 11.2 Å². The third-order valence-electron chi connectivity index (χ3n) is 2.95. The summed E-state index contributed by atoms with van der Waals surface area (Å²) in [5.74, 6) is 0.766. The number of benzene rings is 1. The van der Waals surface area contributed by atoms with E-state index in [1.807, 2.05) is 13.0 Å². The minimum absolute atomic E-state index is 0.163. The summed E-state index contributed by atoms with van der Waals surface area (Å²) in [6.45, 7) is 2.41. The number of ether oxygens (including phenoxy) is 1. The van der Waals surface area contributed by atoms with E-state index < -0.39 is 0 Å². The predicted octanol–water partition coefficient (Wildman–Crippen LogP) is 3.95. The molecule has 1 heterocycles. The van der Waals surface area contributed by atoms with Crippen LogP contribution >= 0.6 is 22.9 Å². The van der Waals surface area contributed by atoms with E-state index in [2.05, 4.69) is 4.98 Å². The summed E-state index contributed by atoms with van der Waals surface area (Å²) in [6, 6.07) is 6.92. The van der Waals surface area contributed by atoms with Crippen LogP contribution in [0.2, 0.25) is 5.02 Å². The van der Waals surface area contributed by atoms with Gasteiger partial charge in [-0.1, -0.05) is 11.6 Å². The van der Waals surface area contributed by atoms with Gasteiger partial charge in [0.15, 0.2) is 0 Å². The number of nitrogens with zero attached hydrogens (tertiary/aromatic N) is 2. The van der Waals surface area contributed by atoms with Crippen LogP contribution < -0.4 is 4.74 Å². The quantitative estimate of drug-likeness (QED) is 0.719. The van der Waals surface area contributed by atoms with E-state index >= 15 is 0 Å². The lowest BCUT2D eigenvalue weighted by Crippen LogP contribution is -2.06. The number of aryl methyl sites for hydroxylation is 1. The fourth-order valence-electron chi connectivity index (χ4n) is 1.88. The molecule has 0 aliphatic carbocycles. The monoisotopic (exact) mass is 334 g/mol. The highest BCUT2D eigenvalue weighted by molar-refractivity contribution is 7.11. The molecule has 2 aromatic rings. The van der Waals surface area contributed by atoms with Crippen LogP contribution in [0.25, 0.3) is 0 Å². The zero-order valence-electron chi connectivity index (χ0n) is 12.1. The van der Waals surface area contributed by atoms with Gasteiger partial charge in [0.25, 0.3) is 0 Å². The van der Waals surface area contributed by atoms with E-state index in [1.165, 1.54) is 0 Å². The van der Waals surface area contributed by atoms with Gasteiger partial charge in [-0.05, 0) is 25.5 Å². The van der Waals surface area contributed by atoms with E-state index in [1.54, 1.807) is 35.7 Å². The number of hydrogen-bond acceptors (Lipinski definition) is 5. The lowest BCUT2D eigenvalue weighted by Gasteiger charge is -2.06. The second-order valence-corrected chi connectivity index (χ2v) is 6.51. The molecule has 0 aliphatic heterocycles. The van der Waals surface area contributed by atoms with E-state index in [0.29, 0.717) is 42.2 Å². The molecule has 2 rings (SSSR count). The molecule has 22 heavy (non-hydrogen) atoms. The van der Waals surface area contributed by atoms with Crippen molar-refractivity contribution < 1.29 is 9.53 Å². The van der Waals surface area contributed by atoms with Crippen molar-refractivity contribution in [3.63, 3.8) is 0 Å². The number of rotatable bonds is 7. The molecule has 114 valence electrons. The zero-order valence-corrected chi connectivity index (χ0v) is 13.7. The maximum absolute atomic E-state index is 11.8. The van der Waals surface area contributed by atoms with Gasteiger partial charge in [-0.2, -0.15) is 5.26 Å². The Bertz CT molecular complexity index is 706. The SMILES string of the molecule is Cc1cnc(CC(=O)CCCOc2ccc(C#N)c(Cl)c2)s1. The van der Waals surface area contributed by atoms with Gasteiger partial charge >= 0.3 is 0 Å². The Morgan fingerprint density at radius 2 is 2.32 bits per heavy atom. The molecule has 0 saturated heterocycles. The molecule has 0 radical (unpaired) electrons. The summed E-state index contributed by atoms with van der Waals surface area (Å²) in [5, 5.41) is 10.0. The number of aromatic nitrogens is 1. The molecular weight excluding hydrogens is 320 g/mol. The van der Waals surface area contributed by atoms with Crippen molar-refractivity contribution in [2.45, 2.75) is 26.2 Å². The van der Waals surface area contributed by atoms with Crippen molar-refractivity contribution in [3.8, 4) is 11.8 Å². The maximum atomic E-state index is 11.8. The van der Waals surface area contributed by atoms with E-state index in [0.717, 1.165) is 9.88 Å². The Morgan fingerprint density at radius 3 is 2.95 bits per heavy atom. The predicted molar refractivity (Wildman–Crippen MR) is 86.5 cm³/mol. The molecule has 0 fully saturated rings. The van der Waals surface area contributed by atoms with Crippen LogP contribution in [0.5, 0.6) is 5.75 Å². The summed E-state index contributed by atoms with van der Waals surface area (Å²) in [4.78, 5) is 17.1. The number of carbonyl (C=O) groups is 1. The number of hydrogen-bond donors (Lipinski definition) is 0. The van der Waals surface area contributed by atoms with Crippen molar-refractivity contribution in [1.82, 2.24) is 4.98 Å². The van der Waals surface area contributed by atoms with Crippen molar-refractivity contribution >= 4 is 28.7 Å². The number of thiazole rings is 1. The average Bonchev–Trinajstić information content (AvgIpc) is 2.89. The molecule has 0 atom stereocenters. The van der Waals surface area contributed by atoms with Gasteiger partial charge in [0.1, 0.15) is 22.6 Å². The Labute approximate surface area is 138 Å². The van der Waals surface area contributed by atoms with Gasteiger partial charge in [-0.15, -0.1) is 11.3 Å². The van der Waals surface area contributed by atoms with Crippen molar-refractivity contribution in [1.29, 1.82) is 5.26 Å². The highest BCUT2D eigenvalue weighted by Crippen LogP contribution is 2.22. The lowest BCUT2D eigenvalue weighted by atomic mass is 10.2. The van der Waals surface area contributed by atoms with Crippen molar-refractivity contribution in [2.75, 3.05) is 6.61 Å². The lowest BCUT2D eigenvalue weighted by molar-refractivity contribution is -0.118. The molecule has 1 aromatic heterocycles. The Balaban J connectivity index is 1.72. The summed E-state index contributed by atoms with van der Waals surface area (Å²) in [7, 11) is 0. The molecule has 0 saturated carbocycles. The number of ketones is 1. The first-order valence-corrected chi connectivity index (χ1v) is 8.03. The first-order chi connectivity index (χ1) is 10.6. The van der Waals surface area contributed by atoms with E-state index in [-0.39, 0.29) is 5.78 Å². The topological polar surface area (TPSA) is 63.0 Å². The number of Topliss-reactive ketones (excluding diaryl/α,β-unsaturated/α-hetero) is 1. The molecular formula is C16H15ClN2O2S. The smallest absolute Gasteiger partial charge is 0.139 e. The van der Waals surface area contributed by atoms with Crippen LogP contribution in [0.15, 0.2) is 24.4 Å². The van der Waals surface area contributed by atoms with Gasteiger partial charge < -0.3 is 4.74 Å². The van der Waals surface area contributed by atoms with Crippen molar-refractivity contribution in [3.05, 3.63) is 44.9 Å². The third-order valence-corrected chi connectivity index (χ3v) is 4.17. The average molecular weight is 335 g/mol. The second-order valence-electron chi connectivity index (χ2n) is 4.79. The highest BCUT2D eigenvalue weighted by atomic mass is 35.5. The molecule has 4 nitrogen and oxygen atoms in total. The molecule has 0 spiro atoms. The highest BCUT2D eigenvalue weighted by Gasteiger charge is 2.07. The van der Waals surface area contributed by atoms with Gasteiger partial charge in [-0.25, -0.2) is 4.98 Å². The molecule has 1 aromatic carbocycles. The minimum atomic E-state index is 0.163. The molecule has 0 amide bonds. The fraction of sp³-hybridized carbons (Fsp3) is 0.312. The second kappa shape index (κ2) is 7.92. The van der Waals surface area contributed by atoms with Crippen LogP contribution in [0.4, 0.5) is 0 Å². The van der Waals surface area contributed by atoms with Crippen LogP contribution in [0.1, 0.15) is 28.3 Å². The summed E-state index contributed by atoms with van der Waals surface area (Å²) in [5.41, 5.74) is 0.419. The third kappa shape index (κ3) is 4.83. The Kier molecular flexibility index (Phi) is 5.93. The van der Waals surface area contributed by atoms with Crippen LogP contribution in [-0.4, -0.2) is 17.4 Å². The summed E-state index contributed by atoms with van der Waals surface area (Å²) in [6.07, 6.45) is 3.27. The van der Waals surface area contributed by atoms with Crippen molar-refractivity contribution in [2.24, 2.45) is 0 Å². The first kappa shape index (κ1) is 16.5. The van der Waals surface area contributed by atoms with Crippen LogP contribution in [0, 0.1) is 18.3 Å². The molecule has 0 unspecified atom stereocenters. The van der Waals surface area contributed by atoms with Gasteiger partial charge in [0.2, 0.25) is 0 Å². The number of halogens is 1. The van der Waals surface area contributed by atoms with E-state index in [4.69, 9.17) is 21.6 Å². The standard InChI is InChI=1S/C16H15ClN2O2S/c1-11-10-19-16(22-11)7-13(20)3-2-6-21-14-5-4-12(9-18)15(17)8-14/h4-5,8,10H,2-3,6-7H2,1H3. The van der Waals surface area contributed by atoms with Gasteiger partial charge in [0.05, 0.1) is 23.6 Å². The van der Waals surface area contributed by atoms with Gasteiger partial charge in [0, 0.05) is 23.6 Å². The Hall–Kier alpha value is -1.90. The number of carbonyl (C=O) groups excluding carboxylic acids is 1. The zero-order chi connectivity index (χ0) is 15.9. The normalized spacial score (nSPS) is 10.2. The van der Waals surface area contributed by atoms with E-state index in [9.17, 15) is 4.79 Å². The molecule has 0 N–H and O–H groups in total. The van der Waals surface area contributed by atoms with Crippen LogP contribution in [0.3, 0.4) is 0 Å². The number of nitriles is 1. The Morgan fingerprint density at radius 1 is 1.50 bits per heavy atom. The molecule has 0 bridgehead atoms. The molecule has 6 heteroatoms.